The van der Waals surface area contributed by atoms with Crippen molar-refractivity contribution in [1.29, 1.82) is 0 Å². The third-order valence-corrected chi connectivity index (χ3v) is 1.97. The smallest absolute Gasteiger partial charge is 0.0894 e. The molecule has 50 valence electrons. The highest BCUT2D eigenvalue weighted by molar-refractivity contribution is 6.45. The number of hydrogen-bond donors (Lipinski definition) is 0. The lowest BCUT2D eigenvalue weighted by Crippen LogP contribution is -2.03. The standard InChI is InChI=1S/C6H17B3/c1-7-4-6(9-3)5-8-2/h6-9H,4-5H2,1-3H3. The van der Waals surface area contributed by atoms with Crippen molar-refractivity contribution in [2.24, 2.45) is 0 Å². The van der Waals surface area contributed by atoms with Crippen molar-refractivity contribution in [3.8, 4) is 0 Å². The summed E-state index contributed by atoms with van der Waals surface area (Å²) in [5.74, 6) is 1.01. The molecule has 0 heterocycles. The molecule has 3 heteroatoms. The molecule has 0 aromatic carbocycles. The lowest BCUT2D eigenvalue weighted by atomic mass is 9.50. The quantitative estimate of drug-likeness (QED) is 0.478. The van der Waals surface area contributed by atoms with E-state index in [-0.39, 0.29) is 0 Å². The van der Waals surface area contributed by atoms with E-state index in [1.54, 1.807) is 0 Å². The normalized spacial score (nSPS) is 9.33. The summed E-state index contributed by atoms with van der Waals surface area (Å²) in [5.41, 5.74) is 0. The van der Waals surface area contributed by atoms with Crippen molar-refractivity contribution in [1.82, 2.24) is 0 Å². The Morgan fingerprint density at radius 2 is 1.44 bits per heavy atom. The Kier molecular flexibility index (Phi) is 6.45. The number of rotatable bonds is 5. The second-order valence-electron chi connectivity index (χ2n) is 2.85. The van der Waals surface area contributed by atoms with Gasteiger partial charge in [0.1, 0.15) is 21.8 Å². The largest absolute Gasteiger partial charge is 0.119 e. The van der Waals surface area contributed by atoms with Gasteiger partial charge >= 0.3 is 0 Å². The number of hydrogen-bond acceptors (Lipinski definition) is 0. The molecule has 0 spiro atoms. The fourth-order valence-corrected chi connectivity index (χ4v) is 1.37. The van der Waals surface area contributed by atoms with Crippen LogP contribution in [0.4, 0.5) is 0 Å². The molecule has 0 saturated carbocycles. The van der Waals surface area contributed by atoms with Crippen LogP contribution in [0.2, 0.25) is 38.9 Å². The highest BCUT2D eigenvalue weighted by Gasteiger charge is 2.03. The van der Waals surface area contributed by atoms with E-state index >= 15 is 0 Å². The van der Waals surface area contributed by atoms with E-state index in [0.717, 1.165) is 5.82 Å². The molecule has 0 bridgehead atoms. The highest BCUT2D eigenvalue weighted by atomic mass is 13.8. The average molecular weight is 122 g/mol. The van der Waals surface area contributed by atoms with Crippen LogP contribution >= 0.6 is 0 Å². The highest BCUT2D eigenvalue weighted by Crippen LogP contribution is 2.14. The van der Waals surface area contributed by atoms with Crippen molar-refractivity contribution in [2.75, 3.05) is 0 Å². The van der Waals surface area contributed by atoms with Crippen LogP contribution in [-0.2, 0) is 0 Å². The predicted molar refractivity (Wildman–Crippen MR) is 52.4 cm³/mol. The molecule has 0 radical (unpaired) electrons. The first-order chi connectivity index (χ1) is 4.35. The van der Waals surface area contributed by atoms with E-state index < -0.39 is 0 Å². The van der Waals surface area contributed by atoms with Crippen LogP contribution in [-0.4, -0.2) is 21.8 Å². The third-order valence-electron chi connectivity index (χ3n) is 1.97. The minimum atomic E-state index is 1.01. The first-order valence-corrected chi connectivity index (χ1v) is 4.35. The lowest BCUT2D eigenvalue weighted by Gasteiger charge is -2.08. The van der Waals surface area contributed by atoms with Crippen LogP contribution in [0.15, 0.2) is 0 Å². The lowest BCUT2D eigenvalue weighted by molar-refractivity contribution is 1.04. The Morgan fingerprint density at radius 3 is 1.67 bits per heavy atom. The van der Waals surface area contributed by atoms with Crippen molar-refractivity contribution >= 4 is 21.8 Å². The van der Waals surface area contributed by atoms with Gasteiger partial charge in [-0.15, -0.1) is 0 Å². The maximum atomic E-state index is 2.30. The summed E-state index contributed by atoms with van der Waals surface area (Å²) in [6, 6.07) is 0. The molecule has 0 aliphatic rings. The van der Waals surface area contributed by atoms with E-state index in [1.165, 1.54) is 34.5 Å². The van der Waals surface area contributed by atoms with Crippen LogP contribution in [0.5, 0.6) is 0 Å². The van der Waals surface area contributed by atoms with Gasteiger partial charge in [-0.25, -0.2) is 0 Å². The van der Waals surface area contributed by atoms with E-state index in [4.69, 9.17) is 0 Å². The molecule has 0 aliphatic carbocycles. The van der Waals surface area contributed by atoms with Crippen LogP contribution in [0.3, 0.4) is 0 Å². The summed E-state index contributed by atoms with van der Waals surface area (Å²) in [6.45, 7) is 6.85. The molecule has 0 N–H and O–H groups in total. The first-order valence-electron chi connectivity index (χ1n) is 4.35. The molecule has 9 heavy (non-hydrogen) atoms. The SMILES string of the molecule is CBCC(BC)CBC. The van der Waals surface area contributed by atoms with Gasteiger partial charge in [-0.2, -0.15) is 0 Å². The second kappa shape index (κ2) is 6.32. The first kappa shape index (κ1) is 9.19. The Balaban J connectivity index is 3.18. The summed E-state index contributed by atoms with van der Waals surface area (Å²) in [4.78, 5) is 0. The van der Waals surface area contributed by atoms with Crippen LogP contribution in [0.25, 0.3) is 0 Å². The molecule has 0 rings (SSSR count). The zero-order valence-electron chi connectivity index (χ0n) is 7.11. The summed E-state index contributed by atoms with van der Waals surface area (Å²) >= 11 is 0. The Morgan fingerprint density at radius 1 is 1.00 bits per heavy atom. The maximum Gasteiger partial charge on any atom is 0.119 e. The van der Waals surface area contributed by atoms with Gasteiger partial charge in [0, 0.05) is 0 Å². The van der Waals surface area contributed by atoms with E-state index in [0.29, 0.717) is 0 Å². The minimum absolute atomic E-state index is 1.01. The molecular formula is C6H17B3. The van der Waals surface area contributed by atoms with Gasteiger partial charge in [0.15, 0.2) is 0 Å². The Bertz CT molecular complexity index is 50.3. The van der Waals surface area contributed by atoms with Crippen molar-refractivity contribution in [3.63, 3.8) is 0 Å². The van der Waals surface area contributed by atoms with Gasteiger partial charge in [0.05, 0.1) is 0 Å². The van der Waals surface area contributed by atoms with Crippen LogP contribution in [0, 0.1) is 0 Å². The molecule has 0 fully saturated rings. The maximum absolute atomic E-state index is 2.30. The Hall–Kier alpha value is 0.195. The fourth-order valence-electron chi connectivity index (χ4n) is 1.37. The van der Waals surface area contributed by atoms with Gasteiger partial charge < -0.3 is 0 Å². The molecule has 0 unspecified atom stereocenters. The fraction of sp³-hybridized carbons (Fsp3) is 1.00. The minimum Gasteiger partial charge on any atom is -0.0894 e. The molecule has 0 saturated heterocycles. The third kappa shape index (κ3) is 4.68. The van der Waals surface area contributed by atoms with E-state index in [1.807, 2.05) is 0 Å². The molecular weight excluding hydrogens is 105 g/mol. The monoisotopic (exact) mass is 122 g/mol. The van der Waals surface area contributed by atoms with E-state index in [2.05, 4.69) is 20.5 Å². The molecule has 0 amide bonds. The predicted octanol–water partition coefficient (Wildman–Crippen LogP) is 1.07. The van der Waals surface area contributed by atoms with Crippen molar-refractivity contribution < 1.29 is 0 Å². The molecule has 0 aromatic heterocycles. The topological polar surface area (TPSA) is 0 Å². The zero-order chi connectivity index (χ0) is 7.11. The van der Waals surface area contributed by atoms with Gasteiger partial charge in [0.25, 0.3) is 0 Å². The zero-order valence-corrected chi connectivity index (χ0v) is 7.11. The Labute approximate surface area is 61.5 Å². The molecule has 0 aromatic rings. The molecule has 0 nitrogen and oxygen atoms in total. The molecule has 0 atom stereocenters. The summed E-state index contributed by atoms with van der Waals surface area (Å²) in [7, 11) is 4.10. The van der Waals surface area contributed by atoms with E-state index in [9.17, 15) is 0 Å². The summed E-state index contributed by atoms with van der Waals surface area (Å²) < 4.78 is 0. The molecule has 0 aliphatic heterocycles. The van der Waals surface area contributed by atoms with Crippen molar-refractivity contribution in [3.05, 3.63) is 0 Å². The van der Waals surface area contributed by atoms with Crippen LogP contribution < -0.4 is 0 Å². The van der Waals surface area contributed by atoms with Gasteiger partial charge in [0.2, 0.25) is 0 Å². The van der Waals surface area contributed by atoms with Crippen molar-refractivity contribution in [2.45, 2.75) is 38.9 Å². The summed E-state index contributed by atoms with van der Waals surface area (Å²) in [5, 5.41) is 0. The van der Waals surface area contributed by atoms with Gasteiger partial charge in [-0.3, -0.25) is 0 Å². The van der Waals surface area contributed by atoms with Gasteiger partial charge in [-0.05, 0) is 0 Å². The average Bonchev–Trinajstić information content (AvgIpc) is 1.88. The second-order valence-corrected chi connectivity index (χ2v) is 2.85. The van der Waals surface area contributed by atoms with Crippen LogP contribution in [0.1, 0.15) is 0 Å². The summed E-state index contributed by atoms with van der Waals surface area (Å²) in [6.07, 6.45) is 2.87. The van der Waals surface area contributed by atoms with Gasteiger partial charge in [-0.1, -0.05) is 38.9 Å².